The molecule has 1 fully saturated rings. The quantitative estimate of drug-likeness (QED) is 0.530. The molecule has 9 nitrogen and oxygen atoms in total. The zero-order chi connectivity index (χ0) is 18.5. The SMILES string of the molecule is COc1ccc(O)c(C(=O)O)c1.N[C@]1(C(=O)O)CC[C@@H](C(=O)O)C1. The van der Waals surface area contributed by atoms with Crippen LogP contribution in [0, 0.1) is 5.92 Å². The Labute approximate surface area is 137 Å². The van der Waals surface area contributed by atoms with Gasteiger partial charge in [0.15, 0.2) is 0 Å². The summed E-state index contributed by atoms with van der Waals surface area (Å²) < 4.78 is 4.79. The van der Waals surface area contributed by atoms with E-state index < -0.39 is 29.4 Å². The monoisotopic (exact) mass is 341 g/mol. The van der Waals surface area contributed by atoms with E-state index in [1.807, 2.05) is 0 Å². The molecule has 1 aromatic carbocycles. The van der Waals surface area contributed by atoms with Crippen LogP contribution in [-0.2, 0) is 9.59 Å². The maximum atomic E-state index is 10.6. The fraction of sp³-hybridized carbons (Fsp3) is 0.400. The average Bonchev–Trinajstić information content (AvgIpc) is 2.92. The minimum atomic E-state index is -1.32. The van der Waals surface area contributed by atoms with Crippen LogP contribution in [0.1, 0.15) is 29.6 Å². The van der Waals surface area contributed by atoms with Crippen LogP contribution in [0.3, 0.4) is 0 Å². The molecule has 6 N–H and O–H groups in total. The molecular weight excluding hydrogens is 322 g/mol. The van der Waals surface area contributed by atoms with Gasteiger partial charge in [0.25, 0.3) is 0 Å². The highest BCUT2D eigenvalue weighted by molar-refractivity contribution is 5.91. The molecule has 0 unspecified atom stereocenters. The standard InChI is InChI=1S/C8H8O4.C7H11NO4/c1-12-5-2-3-7(9)6(4-5)8(10)11;8-7(6(11)12)2-1-4(3-7)5(9)10/h2-4,9H,1H3,(H,10,11);4H,1-3,8H2,(H,9,10)(H,11,12)/t;4-,7-/m.1/s1. The van der Waals surface area contributed by atoms with Crippen LogP contribution in [0.2, 0.25) is 0 Å². The second kappa shape index (κ2) is 7.64. The highest BCUT2D eigenvalue weighted by Gasteiger charge is 2.44. The van der Waals surface area contributed by atoms with Crippen LogP contribution >= 0.6 is 0 Å². The smallest absolute Gasteiger partial charge is 0.339 e. The van der Waals surface area contributed by atoms with E-state index in [0.717, 1.165) is 0 Å². The summed E-state index contributed by atoms with van der Waals surface area (Å²) in [5, 5.41) is 34.9. The molecule has 0 amide bonds. The molecule has 0 spiro atoms. The van der Waals surface area contributed by atoms with Gasteiger partial charge < -0.3 is 30.9 Å². The second-order valence-electron chi connectivity index (χ2n) is 5.43. The Kier molecular flexibility index (Phi) is 6.13. The van der Waals surface area contributed by atoms with Crippen LogP contribution in [0.5, 0.6) is 11.5 Å². The molecule has 24 heavy (non-hydrogen) atoms. The van der Waals surface area contributed by atoms with Crippen molar-refractivity contribution in [3.05, 3.63) is 23.8 Å². The number of aromatic hydroxyl groups is 1. The number of carbonyl (C=O) groups is 3. The summed E-state index contributed by atoms with van der Waals surface area (Å²) in [6, 6.07) is 4.03. The van der Waals surface area contributed by atoms with Gasteiger partial charge in [-0.2, -0.15) is 0 Å². The Morgan fingerprint density at radius 3 is 2.25 bits per heavy atom. The number of phenols is 1. The van der Waals surface area contributed by atoms with Crippen molar-refractivity contribution in [1.29, 1.82) is 0 Å². The Balaban J connectivity index is 0.000000240. The first kappa shape index (κ1) is 19.2. The number of benzene rings is 1. The molecule has 132 valence electrons. The van der Waals surface area contributed by atoms with E-state index in [-0.39, 0.29) is 24.2 Å². The summed E-state index contributed by atoms with van der Waals surface area (Å²) in [6.45, 7) is 0. The molecule has 0 radical (unpaired) electrons. The van der Waals surface area contributed by atoms with E-state index in [2.05, 4.69) is 0 Å². The fourth-order valence-corrected chi connectivity index (χ4v) is 2.29. The zero-order valence-electron chi connectivity index (χ0n) is 12.9. The topological polar surface area (TPSA) is 167 Å². The molecule has 9 heteroatoms. The maximum absolute atomic E-state index is 10.6. The van der Waals surface area contributed by atoms with E-state index in [4.69, 9.17) is 30.9 Å². The third-order valence-corrected chi connectivity index (χ3v) is 3.76. The van der Waals surface area contributed by atoms with Gasteiger partial charge in [0.1, 0.15) is 22.6 Å². The minimum absolute atomic E-state index is 0.0394. The lowest BCUT2D eigenvalue weighted by atomic mass is 9.98. The molecule has 1 aromatic rings. The van der Waals surface area contributed by atoms with Crippen LogP contribution in [0.25, 0.3) is 0 Å². The van der Waals surface area contributed by atoms with Gasteiger partial charge in [-0.3, -0.25) is 9.59 Å². The molecule has 0 saturated heterocycles. The summed E-state index contributed by atoms with van der Waals surface area (Å²) in [6.07, 6.45) is 0.648. The van der Waals surface area contributed by atoms with Crippen LogP contribution < -0.4 is 10.5 Å². The lowest BCUT2D eigenvalue weighted by Gasteiger charge is -2.16. The third-order valence-electron chi connectivity index (χ3n) is 3.76. The predicted molar refractivity (Wildman–Crippen MR) is 81.1 cm³/mol. The van der Waals surface area contributed by atoms with E-state index in [0.29, 0.717) is 12.2 Å². The lowest BCUT2D eigenvalue weighted by Crippen LogP contribution is -2.45. The molecular formula is C15H19NO8. The van der Waals surface area contributed by atoms with Gasteiger partial charge in [-0.15, -0.1) is 0 Å². The number of aromatic carboxylic acids is 1. The third kappa shape index (κ3) is 4.59. The minimum Gasteiger partial charge on any atom is -0.507 e. The molecule has 0 aliphatic heterocycles. The number of carboxylic acid groups (broad SMARTS) is 3. The Bertz CT molecular complexity index is 644. The van der Waals surface area contributed by atoms with Crippen molar-refractivity contribution in [3.8, 4) is 11.5 Å². The first-order chi connectivity index (χ1) is 11.1. The Hall–Kier alpha value is -2.81. The van der Waals surface area contributed by atoms with Gasteiger partial charge in [0.05, 0.1) is 13.0 Å². The first-order valence-corrected chi connectivity index (χ1v) is 6.96. The predicted octanol–water partition coefficient (Wildman–Crippen LogP) is 0.752. The molecule has 0 heterocycles. The van der Waals surface area contributed by atoms with E-state index in [9.17, 15) is 14.4 Å². The van der Waals surface area contributed by atoms with Crippen LogP contribution in [0.4, 0.5) is 0 Å². The van der Waals surface area contributed by atoms with E-state index in [1.54, 1.807) is 0 Å². The van der Waals surface area contributed by atoms with Crippen molar-refractivity contribution in [2.75, 3.05) is 7.11 Å². The number of rotatable bonds is 4. The van der Waals surface area contributed by atoms with Crippen molar-refractivity contribution >= 4 is 17.9 Å². The molecule has 1 aliphatic rings. The molecule has 2 rings (SSSR count). The van der Waals surface area contributed by atoms with Gasteiger partial charge in [0.2, 0.25) is 0 Å². The number of nitrogens with two attached hydrogens (primary N) is 1. The number of ether oxygens (including phenoxy) is 1. The maximum Gasteiger partial charge on any atom is 0.339 e. The Morgan fingerprint density at radius 1 is 1.25 bits per heavy atom. The summed E-state index contributed by atoms with van der Waals surface area (Å²) in [5.41, 5.74) is 3.99. The summed E-state index contributed by atoms with van der Waals surface area (Å²) >= 11 is 0. The summed E-state index contributed by atoms with van der Waals surface area (Å²) in [5.74, 6) is -3.68. The first-order valence-electron chi connectivity index (χ1n) is 6.96. The number of carboxylic acids is 3. The normalized spacial score (nSPS) is 22.2. The molecule has 2 atom stereocenters. The van der Waals surface area contributed by atoms with Crippen LogP contribution in [-0.4, -0.2) is 51.0 Å². The number of methoxy groups -OCH3 is 1. The molecule has 1 aliphatic carbocycles. The van der Waals surface area contributed by atoms with Gasteiger partial charge in [-0.05, 0) is 37.5 Å². The number of aliphatic carboxylic acids is 2. The Morgan fingerprint density at radius 2 is 1.88 bits per heavy atom. The highest BCUT2D eigenvalue weighted by Crippen LogP contribution is 2.32. The number of hydrogen-bond donors (Lipinski definition) is 5. The molecule has 0 aromatic heterocycles. The summed E-state index contributed by atoms with van der Waals surface area (Å²) in [7, 11) is 1.43. The second-order valence-corrected chi connectivity index (χ2v) is 5.43. The van der Waals surface area contributed by atoms with Gasteiger partial charge in [-0.1, -0.05) is 0 Å². The lowest BCUT2D eigenvalue weighted by molar-refractivity contribution is -0.144. The summed E-state index contributed by atoms with van der Waals surface area (Å²) in [4.78, 5) is 31.5. The average molecular weight is 341 g/mol. The highest BCUT2D eigenvalue weighted by atomic mass is 16.5. The molecule has 0 bridgehead atoms. The zero-order valence-corrected chi connectivity index (χ0v) is 12.9. The van der Waals surface area contributed by atoms with Crippen molar-refractivity contribution in [3.63, 3.8) is 0 Å². The van der Waals surface area contributed by atoms with E-state index >= 15 is 0 Å². The van der Waals surface area contributed by atoms with E-state index in [1.165, 1.54) is 25.3 Å². The number of hydrogen-bond acceptors (Lipinski definition) is 6. The van der Waals surface area contributed by atoms with Crippen molar-refractivity contribution in [2.45, 2.75) is 24.8 Å². The largest absolute Gasteiger partial charge is 0.507 e. The van der Waals surface area contributed by atoms with Gasteiger partial charge in [0, 0.05) is 0 Å². The fourth-order valence-electron chi connectivity index (χ4n) is 2.29. The van der Waals surface area contributed by atoms with Crippen molar-refractivity contribution < 1.29 is 39.5 Å². The van der Waals surface area contributed by atoms with Crippen molar-refractivity contribution in [2.24, 2.45) is 11.7 Å². The van der Waals surface area contributed by atoms with Gasteiger partial charge in [-0.25, -0.2) is 4.79 Å². The molecule has 1 saturated carbocycles. The van der Waals surface area contributed by atoms with Crippen molar-refractivity contribution in [1.82, 2.24) is 0 Å². The van der Waals surface area contributed by atoms with Gasteiger partial charge >= 0.3 is 17.9 Å². The van der Waals surface area contributed by atoms with Crippen LogP contribution in [0.15, 0.2) is 18.2 Å².